The second-order valence-corrected chi connectivity index (χ2v) is 8.01. The summed E-state index contributed by atoms with van der Waals surface area (Å²) in [5.74, 6) is 0.431. The predicted octanol–water partition coefficient (Wildman–Crippen LogP) is 4.30. The molecule has 1 atom stereocenters. The molecule has 7 heteroatoms. The summed E-state index contributed by atoms with van der Waals surface area (Å²) >= 11 is 0. The molecule has 2 aromatic rings. The van der Waals surface area contributed by atoms with E-state index in [0.717, 1.165) is 37.2 Å². The van der Waals surface area contributed by atoms with Crippen molar-refractivity contribution in [3.05, 3.63) is 59.7 Å². The largest absolute Gasteiger partial charge is 0.480 e. The molecule has 0 saturated carbocycles. The Hall–Kier alpha value is -3.35. The van der Waals surface area contributed by atoms with E-state index in [-0.39, 0.29) is 17.9 Å². The number of piperidine rings is 1. The molecule has 0 aliphatic carbocycles. The van der Waals surface area contributed by atoms with Crippen LogP contribution in [-0.4, -0.2) is 41.8 Å². The lowest BCUT2D eigenvalue weighted by Gasteiger charge is -2.30. The molecule has 1 fully saturated rings. The lowest BCUT2D eigenvalue weighted by molar-refractivity contribution is -0.139. The molecule has 0 aromatic heterocycles. The Balaban J connectivity index is 0.000000245. The lowest BCUT2D eigenvalue weighted by atomic mass is 10.1. The van der Waals surface area contributed by atoms with Gasteiger partial charge in [0, 0.05) is 30.8 Å². The molecular weight excluding hydrogens is 418 g/mol. The number of likely N-dealkylation sites (tertiary alicyclic amines) is 1. The number of benzene rings is 2. The number of carbonyl (C=O) groups is 3. The Labute approximate surface area is 196 Å². The number of ether oxygens (including phenoxy) is 1. The summed E-state index contributed by atoms with van der Waals surface area (Å²) in [6, 6.07) is 14.3. The van der Waals surface area contributed by atoms with Crippen LogP contribution in [0.3, 0.4) is 0 Å². The summed E-state index contributed by atoms with van der Waals surface area (Å²) in [6.45, 7) is 7.55. The zero-order valence-electron chi connectivity index (χ0n) is 19.8. The Bertz CT molecular complexity index is 921. The Kier molecular flexibility index (Phi) is 10.4. The average molecular weight is 454 g/mol. The van der Waals surface area contributed by atoms with Crippen molar-refractivity contribution >= 4 is 23.4 Å². The highest BCUT2D eigenvalue weighted by atomic mass is 16.5. The first-order chi connectivity index (χ1) is 15.8. The van der Waals surface area contributed by atoms with Crippen LogP contribution in [0, 0.1) is 6.92 Å². The first kappa shape index (κ1) is 25.9. The van der Waals surface area contributed by atoms with Crippen LogP contribution in [0.2, 0.25) is 0 Å². The SMILES string of the molecule is CCC(=O)Nc1ccc(C(N)=O)cc1.CCC(Oc1ccccc1C)C(=O)N1CCCCC1. The molecule has 3 amide bonds. The second kappa shape index (κ2) is 13.3. The molecule has 1 saturated heterocycles. The smallest absolute Gasteiger partial charge is 0.263 e. The van der Waals surface area contributed by atoms with Crippen molar-refractivity contribution in [3.8, 4) is 5.75 Å². The van der Waals surface area contributed by atoms with E-state index in [1.807, 2.05) is 43.0 Å². The van der Waals surface area contributed by atoms with Crippen molar-refractivity contribution in [1.82, 2.24) is 4.90 Å². The highest BCUT2D eigenvalue weighted by Crippen LogP contribution is 2.20. The number of para-hydroxylation sites is 1. The second-order valence-electron chi connectivity index (χ2n) is 8.01. The van der Waals surface area contributed by atoms with Gasteiger partial charge in [-0.1, -0.05) is 32.0 Å². The molecule has 33 heavy (non-hydrogen) atoms. The first-order valence-electron chi connectivity index (χ1n) is 11.6. The lowest BCUT2D eigenvalue weighted by Crippen LogP contribution is -2.44. The van der Waals surface area contributed by atoms with Gasteiger partial charge in [0.1, 0.15) is 5.75 Å². The number of nitrogens with two attached hydrogens (primary N) is 1. The number of hydrogen-bond donors (Lipinski definition) is 2. The third-order valence-corrected chi connectivity index (χ3v) is 5.45. The van der Waals surface area contributed by atoms with Crippen molar-refractivity contribution in [3.63, 3.8) is 0 Å². The molecule has 1 unspecified atom stereocenters. The number of hydrogen-bond acceptors (Lipinski definition) is 4. The maximum atomic E-state index is 12.4. The number of nitrogens with zero attached hydrogens (tertiary/aromatic N) is 1. The van der Waals surface area contributed by atoms with Crippen molar-refractivity contribution in [2.45, 2.75) is 59.0 Å². The average Bonchev–Trinajstić information content (AvgIpc) is 2.84. The van der Waals surface area contributed by atoms with Crippen LogP contribution >= 0.6 is 0 Å². The van der Waals surface area contributed by atoms with Crippen LogP contribution in [0.5, 0.6) is 5.75 Å². The van der Waals surface area contributed by atoms with E-state index in [1.165, 1.54) is 6.42 Å². The normalized spacial score (nSPS) is 13.8. The van der Waals surface area contributed by atoms with Crippen molar-refractivity contribution < 1.29 is 19.1 Å². The summed E-state index contributed by atoms with van der Waals surface area (Å²) < 4.78 is 5.92. The van der Waals surface area contributed by atoms with Gasteiger partial charge in [-0.3, -0.25) is 14.4 Å². The van der Waals surface area contributed by atoms with Gasteiger partial charge in [-0.25, -0.2) is 0 Å². The third kappa shape index (κ3) is 8.25. The fourth-order valence-corrected chi connectivity index (χ4v) is 3.44. The van der Waals surface area contributed by atoms with Gasteiger partial charge in [-0.05, 0) is 68.5 Å². The highest BCUT2D eigenvalue weighted by molar-refractivity contribution is 5.94. The monoisotopic (exact) mass is 453 g/mol. The maximum Gasteiger partial charge on any atom is 0.263 e. The van der Waals surface area contributed by atoms with Crippen LogP contribution in [-0.2, 0) is 9.59 Å². The third-order valence-electron chi connectivity index (χ3n) is 5.45. The quantitative estimate of drug-likeness (QED) is 0.652. The molecule has 3 N–H and O–H groups in total. The number of aryl methyl sites for hydroxylation is 1. The number of anilines is 1. The van der Waals surface area contributed by atoms with Crippen LogP contribution in [0.15, 0.2) is 48.5 Å². The van der Waals surface area contributed by atoms with Crippen LogP contribution < -0.4 is 15.8 Å². The van der Waals surface area contributed by atoms with Gasteiger partial charge >= 0.3 is 0 Å². The van der Waals surface area contributed by atoms with E-state index in [0.29, 0.717) is 24.1 Å². The summed E-state index contributed by atoms with van der Waals surface area (Å²) in [5, 5.41) is 2.67. The van der Waals surface area contributed by atoms with Gasteiger partial charge in [-0.2, -0.15) is 0 Å². The minimum Gasteiger partial charge on any atom is -0.480 e. The van der Waals surface area contributed by atoms with Gasteiger partial charge in [-0.15, -0.1) is 0 Å². The fourth-order valence-electron chi connectivity index (χ4n) is 3.44. The summed E-state index contributed by atoms with van der Waals surface area (Å²) in [7, 11) is 0. The summed E-state index contributed by atoms with van der Waals surface area (Å²) in [5.41, 5.74) is 7.24. The van der Waals surface area contributed by atoms with Crippen LogP contribution in [0.25, 0.3) is 0 Å². The number of carbonyl (C=O) groups excluding carboxylic acids is 3. The maximum absolute atomic E-state index is 12.4. The van der Waals surface area contributed by atoms with Gasteiger partial charge in [0.05, 0.1) is 0 Å². The molecule has 1 heterocycles. The van der Waals surface area contributed by atoms with Crippen molar-refractivity contribution in [1.29, 1.82) is 0 Å². The van der Waals surface area contributed by atoms with Crippen LogP contribution in [0.1, 0.15) is 61.9 Å². The molecule has 1 aliphatic heterocycles. The molecule has 2 aromatic carbocycles. The number of rotatable bonds is 7. The Morgan fingerprint density at radius 1 is 1.00 bits per heavy atom. The number of amides is 3. The van der Waals surface area contributed by atoms with Gasteiger partial charge in [0.25, 0.3) is 5.91 Å². The molecule has 0 radical (unpaired) electrons. The molecule has 0 spiro atoms. The molecule has 1 aliphatic rings. The van der Waals surface area contributed by atoms with E-state index in [2.05, 4.69) is 5.32 Å². The van der Waals surface area contributed by atoms with Crippen molar-refractivity contribution in [2.24, 2.45) is 5.73 Å². The summed E-state index contributed by atoms with van der Waals surface area (Å²) in [4.78, 5) is 36.1. The van der Waals surface area contributed by atoms with Crippen molar-refractivity contribution in [2.75, 3.05) is 18.4 Å². The fraction of sp³-hybridized carbons (Fsp3) is 0.423. The Morgan fingerprint density at radius 2 is 1.64 bits per heavy atom. The summed E-state index contributed by atoms with van der Waals surface area (Å²) in [6.07, 6.45) is 4.26. The molecule has 178 valence electrons. The Morgan fingerprint density at radius 3 is 2.18 bits per heavy atom. The number of primary amides is 1. The van der Waals surface area contributed by atoms with E-state index >= 15 is 0 Å². The van der Waals surface area contributed by atoms with Gasteiger partial charge in [0.15, 0.2) is 6.10 Å². The van der Waals surface area contributed by atoms with E-state index < -0.39 is 5.91 Å². The van der Waals surface area contributed by atoms with E-state index in [1.54, 1.807) is 31.2 Å². The van der Waals surface area contributed by atoms with Gasteiger partial charge < -0.3 is 20.7 Å². The number of nitrogens with one attached hydrogen (secondary N) is 1. The van der Waals surface area contributed by atoms with E-state index in [9.17, 15) is 14.4 Å². The minimum absolute atomic E-state index is 0.0585. The van der Waals surface area contributed by atoms with Crippen LogP contribution in [0.4, 0.5) is 5.69 Å². The van der Waals surface area contributed by atoms with E-state index in [4.69, 9.17) is 10.5 Å². The zero-order chi connectivity index (χ0) is 24.2. The van der Waals surface area contributed by atoms with Gasteiger partial charge in [0.2, 0.25) is 11.8 Å². The standard InChI is InChI=1S/C16H23NO2.C10H12N2O2/c1-3-14(16(18)17-11-7-4-8-12-17)19-15-10-6-5-9-13(15)2;1-2-9(13)12-8-5-3-7(4-6-8)10(11)14/h5-6,9-10,14H,3-4,7-8,11-12H2,1-2H3;3-6H,2H2,1H3,(H2,11,14)(H,12,13). The molecule has 0 bridgehead atoms. The highest BCUT2D eigenvalue weighted by Gasteiger charge is 2.26. The molecular formula is C26H35N3O4. The molecule has 3 rings (SSSR count). The predicted molar refractivity (Wildman–Crippen MR) is 130 cm³/mol. The first-order valence-corrected chi connectivity index (χ1v) is 11.6. The topological polar surface area (TPSA) is 102 Å². The zero-order valence-corrected chi connectivity index (χ0v) is 19.8. The minimum atomic E-state index is -0.474. The molecule has 7 nitrogen and oxygen atoms in total.